The van der Waals surface area contributed by atoms with E-state index in [1.807, 2.05) is 19.5 Å². The van der Waals surface area contributed by atoms with Gasteiger partial charge in [0.25, 0.3) is 0 Å². The lowest BCUT2D eigenvalue weighted by Crippen LogP contribution is -2.35. The second kappa shape index (κ2) is 3.03. The van der Waals surface area contributed by atoms with Gasteiger partial charge in [-0.1, -0.05) is 0 Å². The Balaban J connectivity index is 2.97. The van der Waals surface area contributed by atoms with Gasteiger partial charge < -0.3 is 5.73 Å². The molecule has 0 amide bonds. The third kappa shape index (κ3) is 1.59. The Hall–Kier alpha value is -0.610. The summed E-state index contributed by atoms with van der Waals surface area (Å²) in [6, 6.07) is 0. The Morgan fingerprint density at radius 1 is 1.50 bits per heavy atom. The van der Waals surface area contributed by atoms with Crippen LogP contribution in [0, 0.1) is 0 Å². The normalized spacial score (nSPS) is 12.4. The standard InChI is InChI=1S/C8H15N3S/c1-8(2,11(3)4)7-10-6(9)5-12-7/h5H,9H2,1-4H3. The van der Waals surface area contributed by atoms with Gasteiger partial charge in [-0.05, 0) is 27.9 Å². The van der Waals surface area contributed by atoms with Crippen molar-refractivity contribution in [2.45, 2.75) is 19.4 Å². The minimum absolute atomic E-state index is 0.0255. The first-order chi connectivity index (χ1) is 5.44. The molecule has 1 aromatic rings. The number of nitrogens with two attached hydrogens (primary N) is 1. The summed E-state index contributed by atoms with van der Waals surface area (Å²) in [4.78, 5) is 6.39. The van der Waals surface area contributed by atoms with Crippen molar-refractivity contribution < 1.29 is 0 Å². The van der Waals surface area contributed by atoms with E-state index in [0.29, 0.717) is 5.82 Å². The van der Waals surface area contributed by atoms with Crippen LogP contribution in [-0.2, 0) is 5.54 Å². The lowest BCUT2D eigenvalue weighted by Gasteiger charge is -2.30. The fourth-order valence-corrected chi connectivity index (χ4v) is 1.67. The minimum atomic E-state index is -0.0255. The number of thiazole rings is 1. The van der Waals surface area contributed by atoms with Gasteiger partial charge in [-0.15, -0.1) is 11.3 Å². The van der Waals surface area contributed by atoms with E-state index < -0.39 is 0 Å². The van der Waals surface area contributed by atoms with Crippen molar-refractivity contribution in [2.24, 2.45) is 0 Å². The smallest absolute Gasteiger partial charge is 0.134 e. The summed E-state index contributed by atoms with van der Waals surface area (Å²) in [6.07, 6.45) is 0. The second-order valence-corrected chi connectivity index (χ2v) is 4.39. The maximum Gasteiger partial charge on any atom is 0.134 e. The van der Waals surface area contributed by atoms with Crippen LogP contribution in [0.4, 0.5) is 5.82 Å². The molecular weight excluding hydrogens is 170 g/mol. The molecule has 4 heteroatoms. The van der Waals surface area contributed by atoms with Gasteiger partial charge in [0.15, 0.2) is 0 Å². The van der Waals surface area contributed by atoms with Gasteiger partial charge in [-0.3, -0.25) is 4.90 Å². The Kier molecular flexibility index (Phi) is 2.39. The van der Waals surface area contributed by atoms with Crippen LogP contribution in [0.25, 0.3) is 0 Å². The number of rotatable bonds is 2. The van der Waals surface area contributed by atoms with Crippen molar-refractivity contribution in [3.63, 3.8) is 0 Å². The molecule has 3 nitrogen and oxygen atoms in total. The maximum absolute atomic E-state index is 5.56. The summed E-state index contributed by atoms with van der Waals surface area (Å²) in [7, 11) is 4.08. The molecule has 0 aliphatic carbocycles. The summed E-state index contributed by atoms with van der Waals surface area (Å²) in [6.45, 7) is 4.26. The molecule has 1 rings (SSSR count). The van der Waals surface area contributed by atoms with Crippen LogP contribution < -0.4 is 5.73 Å². The number of nitrogen functional groups attached to an aromatic ring is 1. The van der Waals surface area contributed by atoms with E-state index in [-0.39, 0.29) is 5.54 Å². The molecule has 68 valence electrons. The average molecular weight is 185 g/mol. The van der Waals surface area contributed by atoms with Crippen LogP contribution in [-0.4, -0.2) is 24.0 Å². The molecule has 0 atom stereocenters. The van der Waals surface area contributed by atoms with Crippen LogP contribution in [0.5, 0.6) is 0 Å². The highest BCUT2D eigenvalue weighted by Gasteiger charge is 2.26. The maximum atomic E-state index is 5.56. The molecule has 0 aliphatic heterocycles. The van der Waals surface area contributed by atoms with Crippen LogP contribution in [0.1, 0.15) is 18.9 Å². The first-order valence-corrected chi connectivity index (χ1v) is 4.71. The fraction of sp³-hybridized carbons (Fsp3) is 0.625. The Morgan fingerprint density at radius 2 is 2.08 bits per heavy atom. The van der Waals surface area contributed by atoms with E-state index in [4.69, 9.17) is 5.73 Å². The zero-order valence-corrected chi connectivity index (χ0v) is 8.77. The SMILES string of the molecule is CN(C)C(C)(C)c1nc(N)cs1. The molecule has 0 unspecified atom stereocenters. The van der Waals surface area contributed by atoms with Gasteiger partial charge in [0.2, 0.25) is 0 Å². The fourth-order valence-electron chi connectivity index (χ4n) is 0.758. The van der Waals surface area contributed by atoms with E-state index >= 15 is 0 Å². The molecule has 0 saturated heterocycles. The predicted molar refractivity (Wildman–Crippen MR) is 53.2 cm³/mol. The quantitative estimate of drug-likeness (QED) is 0.759. The van der Waals surface area contributed by atoms with Crippen LogP contribution in [0.2, 0.25) is 0 Å². The van der Waals surface area contributed by atoms with E-state index in [9.17, 15) is 0 Å². The third-order valence-corrected chi connectivity index (χ3v) is 3.34. The lowest BCUT2D eigenvalue weighted by atomic mass is 10.1. The first kappa shape index (κ1) is 9.48. The summed E-state index contributed by atoms with van der Waals surface area (Å²) in [5.74, 6) is 0.616. The Labute approximate surface area is 77.2 Å². The van der Waals surface area contributed by atoms with Crippen molar-refractivity contribution in [3.8, 4) is 0 Å². The molecule has 1 aromatic heterocycles. The van der Waals surface area contributed by atoms with Gasteiger partial charge in [0.1, 0.15) is 10.8 Å². The molecule has 0 aliphatic rings. The number of anilines is 1. The molecule has 0 aromatic carbocycles. The van der Waals surface area contributed by atoms with E-state index in [1.165, 1.54) is 0 Å². The van der Waals surface area contributed by atoms with Crippen LogP contribution >= 0.6 is 11.3 Å². The van der Waals surface area contributed by atoms with E-state index in [1.54, 1.807) is 11.3 Å². The molecule has 1 heterocycles. The van der Waals surface area contributed by atoms with Crippen molar-refractivity contribution in [2.75, 3.05) is 19.8 Å². The molecule has 0 bridgehead atoms. The topological polar surface area (TPSA) is 42.2 Å². The van der Waals surface area contributed by atoms with Gasteiger partial charge in [0, 0.05) is 5.38 Å². The van der Waals surface area contributed by atoms with Gasteiger partial charge in [-0.25, -0.2) is 4.98 Å². The average Bonchev–Trinajstić information content (AvgIpc) is 2.35. The largest absolute Gasteiger partial charge is 0.383 e. The highest BCUT2D eigenvalue weighted by atomic mass is 32.1. The van der Waals surface area contributed by atoms with Gasteiger partial charge in [0.05, 0.1) is 5.54 Å². The predicted octanol–water partition coefficient (Wildman–Crippen LogP) is 1.52. The van der Waals surface area contributed by atoms with Crippen molar-refractivity contribution in [3.05, 3.63) is 10.4 Å². The monoisotopic (exact) mass is 185 g/mol. The molecular formula is C8H15N3S. The second-order valence-electron chi connectivity index (χ2n) is 3.53. The zero-order chi connectivity index (χ0) is 9.35. The van der Waals surface area contributed by atoms with Crippen LogP contribution in [0.3, 0.4) is 0 Å². The number of hydrogen-bond acceptors (Lipinski definition) is 4. The van der Waals surface area contributed by atoms with Crippen molar-refractivity contribution >= 4 is 17.2 Å². The van der Waals surface area contributed by atoms with Gasteiger partial charge >= 0.3 is 0 Å². The van der Waals surface area contributed by atoms with Crippen molar-refractivity contribution in [1.29, 1.82) is 0 Å². The zero-order valence-electron chi connectivity index (χ0n) is 7.96. The Morgan fingerprint density at radius 3 is 2.42 bits per heavy atom. The summed E-state index contributed by atoms with van der Waals surface area (Å²) < 4.78 is 0. The Bertz CT molecular complexity index is 265. The number of nitrogens with zero attached hydrogens (tertiary/aromatic N) is 2. The summed E-state index contributed by atoms with van der Waals surface area (Å²) in [5, 5.41) is 2.94. The molecule has 0 radical (unpaired) electrons. The van der Waals surface area contributed by atoms with E-state index in [0.717, 1.165) is 5.01 Å². The molecule has 0 saturated carbocycles. The molecule has 12 heavy (non-hydrogen) atoms. The minimum Gasteiger partial charge on any atom is -0.383 e. The first-order valence-electron chi connectivity index (χ1n) is 3.83. The highest BCUT2D eigenvalue weighted by molar-refractivity contribution is 7.10. The number of hydrogen-bond donors (Lipinski definition) is 1. The molecule has 2 N–H and O–H groups in total. The highest BCUT2D eigenvalue weighted by Crippen LogP contribution is 2.28. The summed E-state index contributed by atoms with van der Waals surface area (Å²) in [5.41, 5.74) is 5.53. The van der Waals surface area contributed by atoms with Gasteiger partial charge in [-0.2, -0.15) is 0 Å². The van der Waals surface area contributed by atoms with Crippen LogP contribution in [0.15, 0.2) is 5.38 Å². The third-order valence-electron chi connectivity index (χ3n) is 2.16. The molecule has 0 spiro atoms. The summed E-state index contributed by atoms with van der Waals surface area (Å²) >= 11 is 1.61. The van der Waals surface area contributed by atoms with Crippen molar-refractivity contribution in [1.82, 2.24) is 9.88 Å². The lowest BCUT2D eigenvalue weighted by molar-refractivity contribution is 0.197. The van der Waals surface area contributed by atoms with E-state index in [2.05, 4.69) is 23.7 Å². The molecule has 0 fully saturated rings. The number of aromatic nitrogens is 1.